The fourth-order valence-corrected chi connectivity index (χ4v) is 2.49. The Morgan fingerprint density at radius 3 is 2.92 bits per heavy atom. The van der Waals surface area contributed by atoms with E-state index in [1.807, 2.05) is 6.92 Å². The number of hydrogen-bond acceptors (Lipinski definition) is 2. The summed E-state index contributed by atoms with van der Waals surface area (Å²) in [5.41, 5.74) is 0. The second-order valence-corrected chi connectivity index (χ2v) is 4.28. The summed E-state index contributed by atoms with van der Waals surface area (Å²) in [4.78, 5) is 11.4. The van der Waals surface area contributed by atoms with Crippen LogP contribution >= 0.6 is 15.9 Å². The van der Waals surface area contributed by atoms with Crippen molar-refractivity contribution in [2.24, 2.45) is 11.8 Å². The zero-order valence-electron chi connectivity index (χ0n) is 8.09. The van der Waals surface area contributed by atoms with Gasteiger partial charge in [0.1, 0.15) is 0 Å². The number of carbonyl (C=O) groups excluding carboxylic acids is 1. The van der Waals surface area contributed by atoms with Crippen LogP contribution in [0.1, 0.15) is 32.6 Å². The molecule has 1 saturated carbocycles. The van der Waals surface area contributed by atoms with E-state index in [9.17, 15) is 4.79 Å². The third-order valence-corrected chi connectivity index (χ3v) is 3.54. The van der Waals surface area contributed by atoms with Crippen LogP contribution in [0.5, 0.6) is 0 Å². The maximum Gasteiger partial charge on any atom is 0.308 e. The van der Waals surface area contributed by atoms with E-state index in [-0.39, 0.29) is 11.9 Å². The van der Waals surface area contributed by atoms with Crippen molar-refractivity contribution in [3.05, 3.63) is 0 Å². The van der Waals surface area contributed by atoms with Crippen LogP contribution in [-0.2, 0) is 9.53 Å². The number of ether oxygens (including phenoxy) is 1. The molecule has 1 rings (SSSR count). The molecule has 1 aliphatic rings. The molecule has 2 nitrogen and oxygen atoms in total. The summed E-state index contributed by atoms with van der Waals surface area (Å²) in [6, 6.07) is 0. The van der Waals surface area contributed by atoms with Crippen LogP contribution in [0.4, 0.5) is 0 Å². The van der Waals surface area contributed by atoms with Gasteiger partial charge in [-0.25, -0.2) is 0 Å². The first-order valence-corrected chi connectivity index (χ1v) is 6.12. The molecule has 0 N–H and O–H groups in total. The summed E-state index contributed by atoms with van der Waals surface area (Å²) in [5.74, 6) is 0.840. The number of esters is 1. The molecular weight excluding hydrogens is 232 g/mol. The normalized spacial score (nSPS) is 28.5. The molecule has 0 amide bonds. The molecule has 0 aliphatic heterocycles. The molecule has 0 aromatic heterocycles. The van der Waals surface area contributed by atoms with Gasteiger partial charge in [0, 0.05) is 5.33 Å². The Morgan fingerprint density at radius 2 is 2.31 bits per heavy atom. The second kappa shape index (κ2) is 5.63. The molecule has 0 radical (unpaired) electrons. The quantitative estimate of drug-likeness (QED) is 0.567. The lowest BCUT2D eigenvalue weighted by Crippen LogP contribution is -2.25. The third-order valence-electron chi connectivity index (χ3n) is 2.62. The first kappa shape index (κ1) is 11.0. The van der Waals surface area contributed by atoms with Gasteiger partial charge in [-0.1, -0.05) is 22.4 Å². The lowest BCUT2D eigenvalue weighted by atomic mass is 9.82. The van der Waals surface area contributed by atoms with Crippen LogP contribution in [0, 0.1) is 11.8 Å². The molecule has 0 bridgehead atoms. The Kier molecular flexibility index (Phi) is 4.78. The van der Waals surface area contributed by atoms with Gasteiger partial charge in [-0.05, 0) is 32.1 Å². The molecular formula is C10H17BrO2. The van der Waals surface area contributed by atoms with Gasteiger partial charge in [0.15, 0.2) is 0 Å². The monoisotopic (exact) mass is 248 g/mol. The highest BCUT2D eigenvalue weighted by molar-refractivity contribution is 9.09. The number of rotatable bonds is 3. The Hall–Kier alpha value is -0.0500. The van der Waals surface area contributed by atoms with Crippen molar-refractivity contribution < 1.29 is 9.53 Å². The van der Waals surface area contributed by atoms with Crippen LogP contribution < -0.4 is 0 Å². The summed E-state index contributed by atoms with van der Waals surface area (Å²) >= 11 is 3.47. The lowest BCUT2D eigenvalue weighted by Gasteiger charge is -2.26. The number of hydrogen-bond donors (Lipinski definition) is 0. The minimum atomic E-state index is 0.00755. The van der Waals surface area contributed by atoms with Gasteiger partial charge < -0.3 is 4.74 Å². The summed E-state index contributed by atoms with van der Waals surface area (Å²) in [6.07, 6.45) is 4.44. The zero-order valence-corrected chi connectivity index (χ0v) is 9.68. The van der Waals surface area contributed by atoms with E-state index < -0.39 is 0 Å². The SMILES string of the molecule is CCOC(=O)[C@H]1CCC[C@@H](CBr)C1. The standard InChI is InChI=1S/C10H17BrO2/c1-2-13-10(12)9-5-3-4-8(6-9)7-11/h8-9H,2-7H2,1H3/t8-,9+/m1/s1. The predicted molar refractivity (Wildman–Crippen MR) is 55.9 cm³/mol. The van der Waals surface area contributed by atoms with Crippen molar-refractivity contribution in [1.29, 1.82) is 0 Å². The minimum Gasteiger partial charge on any atom is -0.466 e. The number of carbonyl (C=O) groups is 1. The molecule has 0 aromatic carbocycles. The van der Waals surface area contributed by atoms with Crippen LogP contribution in [0.25, 0.3) is 0 Å². The largest absolute Gasteiger partial charge is 0.466 e. The van der Waals surface area contributed by atoms with Gasteiger partial charge in [0.05, 0.1) is 12.5 Å². The highest BCUT2D eigenvalue weighted by Crippen LogP contribution is 2.30. The summed E-state index contributed by atoms with van der Waals surface area (Å²) < 4.78 is 5.02. The predicted octanol–water partition coefficient (Wildman–Crippen LogP) is 2.75. The van der Waals surface area contributed by atoms with Crippen molar-refractivity contribution in [2.45, 2.75) is 32.6 Å². The first-order valence-electron chi connectivity index (χ1n) is 5.00. The van der Waals surface area contributed by atoms with E-state index in [0.29, 0.717) is 12.5 Å². The van der Waals surface area contributed by atoms with E-state index in [1.54, 1.807) is 0 Å². The van der Waals surface area contributed by atoms with Crippen LogP contribution in [-0.4, -0.2) is 17.9 Å². The molecule has 1 aliphatic carbocycles. The second-order valence-electron chi connectivity index (χ2n) is 3.64. The molecule has 13 heavy (non-hydrogen) atoms. The van der Waals surface area contributed by atoms with Gasteiger partial charge >= 0.3 is 5.97 Å². The van der Waals surface area contributed by atoms with Gasteiger partial charge in [0.25, 0.3) is 0 Å². The summed E-state index contributed by atoms with van der Waals surface area (Å²) in [6.45, 7) is 2.37. The van der Waals surface area contributed by atoms with E-state index in [1.165, 1.54) is 12.8 Å². The Morgan fingerprint density at radius 1 is 1.54 bits per heavy atom. The molecule has 0 spiro atoms. The maximum atomic E-state index is 11.4. The fourth-order valence-electron chi connectivity index (χ4n) is 1.91. The number of alkyl halides is 1. The Balaban J connectivity index is 2.37. The molecule has 76 valence electrons. The summed E-state index contributed by atoms with van der Waals surface area (Å²) in [7, 11) is 0. The molecule has 1 fully saturated rings. The fraction of sp³-hybridized carbons (Fsp3) is 0.900. The van der Waals surface area contributed by atoms with E-state index in [4.69, 9.17) is 4.74 Å². The smallest absolute Gasteiger partial charge is 0.308 e. The van der Waals surface area contributed by atoms with Crippen LogP contribution in [0.3, 0.4) is 0 Å². The van der Waals surface area contributed by atoms with Crippen molar-refractivity contribution in [1.82, 2.24) is 0 Å². The Bertz CT molecular complexity index is 170. The van der Waals surface area contributed by atoms with Crippen molar-refractivity contribution >= 4 is 21.9 Å². The average molecular weight is 249 g/mol. The van der Waals surface area contributed by atoms with Gasteiger partial charge in [-0.15, -0.1) is 0 Å². The minimum absolute atomic E-state index is 0.00755. The number of halogens is 1. The highest BCUT2D eigenvalue weighted by atomic mass is 79.9. The van der Waals surface area contributed by atoms with E-state index in [0.717, 1.165) is 18.2 Å². The van der Waals surface area contributed by atoms with Crippen LogP contribution in [0.2, 0.25) is 0 Å². The Labute approximate surface area is 88.2 Å². The third kappa shape index (κ3) is 3.29. The van der Waals surface area contributed by atoms with Crippen LogP contribution in [0.15, 0.2) is 0 Å². The lowest BCUT2D eigenvalue weighted by molar-refractivity contribution is -0.149. The zero-order chi connectivity index (χ0) is 9.68. The molecule has 0 heterocycles. The van der Waals surface area contributed by atoms with Crippen molar-refractivity contribution in [2.75, 3.05) is 11.9 Å². The van der Waals surface area contributed by atoms with E-state index in [2.05, 4.69) is 15.9 Å². The first-order chi connectivity index (χ1) is 6.27. The average Bonchev–Trinajstić information content (AvgIpc) is 2.18. The van der Waals surface area contributed by atoms with Crippen molar-refractivity contribution in [3.8, 4) is 0 Å². The topological polar surface area (TPSA) is 26.3 Å². The van der Waals surface area contributed by atoms with Gasteiger partial charge in [0.2, 0.25) is 0 Å². The van der Waals surface area contributed by atoms with E-state index >= 15 is 0 Å². The van der Waals surface area contributed by atoms with Gasteiger partial charge in [-0.2, -0.15) is 0 Å². The van der Waals surface area contributed by atoms with Crippen molar-refractivity contribution in [3.63, 3.8) is 0 Å². The maximum absolute atomic E-state index is 11.4. The molecule has 0 saturated heterocycles. The molecule has 3 heteroatoms. The highest BCUT2D eigenvalue weighted by Gasteiger charge is 2.27. The summed E-state index contributed by atoms with van der Waals surface area (Å²) in [5, 5.41) is 1.02. The molecule has 2 atom stereocenters. The molecule has 0 unspecified atom stereocenters. The van der Waals surface area contributed by atoms with Gasteiger partial charge in [-0.3, -0.25) is 4.79 Å². The molecule has 0 aromatic rings.